The van der Waals surface area contributed by atoms with E-state index in [0.717, 1.165) is 18.5 Å². The number of hydrogen-bond donors (Lipinski definition) is 0. The molecule has 30 heavy (non-hydrogen) atoms. The van der Waals surface area contributed by atoms with Crippen molar-refractivity contribution in [3.8, 4) is 11.8 Å². The molecule has 4 rings (SSSR count). The molecule has 2 aromatic rings. The van der Waals surface area contributed by atoms with E-state index in [2.05, 4.69) is 9.97 Å². The number of methoxy groups -OCH3 is 1. The van der Waals surface area contributed by atoms with Gasteiger partial charge in [-0.3, -0.25) is 9.59 Å². The molecule has 1 aromatic carbocycles. The average Bonchev–Trinajstić information content (AvgIpc) is 3.16. The van der Waals surface area contributed by atoms with E-state index in [-0.39, 0.29) is 36.3 Å². The van der Waals surface area contributed by atoms with Crippen molar-refractivity contribution in [2.45, 2.75) is 25.4 Å². The van der Waals surface area contributed by atoms with Crippen molar-refractivity contribution in [3.05, 3.63) is 41.7 Å². The first kappa shape index (κ1) is 20.4. The molecule has 9 heteroatoms. The smallest absolute Gasteiger partial charge is 0.316 e. The first-order chi connectivity index (χ1) is 14.5. The number of halogens is 1. The second-order valence-corrected chi connectivity index (χ2v) is 7.89. The molecule has 0 spiro atoms. The molecule has 8 nitrogen and oxygen atoms in total. The van der Waals surface area contributed by atoms with Gasteiger partial charge in [0.05, 0.1) is 37.0 Å². The molecule has 2 aliphatic rings. The number of likely N-dealkylation sites (tertiary alicyclic amines) is 1. The number of anilines is 1. The number of hydrogen-bond acceptors (Lipinski definition) is 6. The normalized spacial score (nSPS) is 21.6. The Balaban J connectivity index is 1.39. The Morgan fingerprint density at radius 1 is 1.23 bits per heavy atom. The van der Waals surface area contributed by atoms with E-state index in [1.165, 1.54) is 12.4 Å². The molecule has 2 saturated heterocycles. The van der Waals surface area contributed by atoms with Crippen LogP contribution in [0.2, 0.25) is 5.02 Å². The summed E-state index contributed by atoms with van der Waals surface area (Å²) in [5.41, 5.74) is 0.745. The zero-order valence-corrected chi connectivity index (χ0v) is 17.4. The third-order valence-corrected chi connectivity index (χ3v) is 5.59. The number of carbonyl (C=O) groups is 2. The first-order valence-corrected chi connectivity index (χ1v) is 10.3. The Bertz CT molecular complexity index is 923. The highest BCUT2D eigenvalue weighted by Crippen LogP contribution is 2.29. The maximum atomic E-state index is 13.1. The van der Waals surface area contributed by atoms with Crippen LogP contribution in [0.25, 0.3) is 0 Å². The number of carbonyl (C=O) groups excluding carboxylic acids is 2. The Labute approximate surface area is 179 Å². The van der Waals surface area contributed by atoms with Crippen LogP contribution < -0.4 is 14.4 Å². The molecule has 0 radical (unpaired) electrons. The van der Waals surface area contributed by atoms with Crippen molar-refractivity contribution in [2.75, 3.05) is 31.6 Å². The Kier molecular flexibility index (Phi) is 6.03. The van der Waals surface area contributed by atoms with Gasteiger partial charge in [0, 0.05) is 31.3 Å². The molecule has 0 N–H and O–H groups in total. The molecule has 2 unspecified atom stereocenters. The fourth-order valence-corrected chi connectivity index (χ4v) is 4.00. The van der Waals surface area contributed by atoms with Gasteiger partial charge < -0.3 is 19.3 Å². The lowest BCUT2D eigenvalue weighted by Gasteiger charge is -2.33. The van der Waals surface area contributed by atoms with Gasteiger partial charge >= 0.3 is 6.01 Å². The van der Waals surface area contributed by atoms with Crippen molar-refractivity contribution in [1.82, 2.24) is 14.9 Å². The number of aromatic nitrogens is 2. The van der Waals surface area contributed by atoms with Gasteiger partial charge in [0.1, 0.15) is 11.9 Å². The zero-order chi connectivity index (χ0) is 21.1. The van der Waals surface area contributed by atoms with Crippen LogP contribution in [0.1, 0.15) is 19.3 Å². The number of benzene rings is 1. The van der Waals surface area contributed by atoms with Gasteiger partial charge in [-0.25, -0.2) is 9.97 Å². The van der Waals surface area contributed by atoms with Crippen LogP contribution in [0.15, 0.2) is 36.7 Å². The summed E-state index contributed by atoms with van der Waals surface area (Å²) in [6, 6.07) is 7.57. The Hall–Kier alpha value is -2.87. The molecule has 0 saturated carbocycles. The molecule has 158 valence electrons. The lowest BCUT2D eigenvalue weighted by Crippen LogP contribution is -2.47. The predicted octanol–water partition coefficient (Wildman–Crippen LogP) is 2.56. The standard InChI is InChI=1S/C21H23ClN4O4/c1-29-17-5-2-4-16(9-17)26-12-14(8-19(26)27)20(28)25-7-3-6-18(13-25)30-21-23-10-15(22)11-24-21/h2,4-5,9-11,14,18H,3,6-8,12-13H2,1H3. The lowest BCUT2D eigenvalue weighted by atomic mass is 10.0. The number of nitrogens with zero attached hydrogens (tertiary/aromatic N) is 4. The Morgan fingerprint density at radius 2 is 2.03 bits per heavy atom. The topological polar surface area (TPSA) is 84.9 Å². The van der Waals surface area contributed by atoms with Crippen LogP contribution in [0.5, 0.6) is 11.8 Å². The fourth-order valence-electron chi connectivity index (χ4n) is 3.90. The molecule has 2 aliphatic heterocycles. The van der Waals surface area contributed by atoms with Crippen molar-refractivity contribution >= 4 is 29.1 Å². The van der Waals surface area contributed by atoms with Gasteiger partial charge in [-0.15, -0.1) is 0 Å². The summed E-state index contributed by atoms with van der Waals surface area (Å²) in [7, 11) is 1.58. The van der Waals surface area contributed by atoms with Gasteiger partial charge in [0.15, 0.2) is 0 Å². The first-order valence-electron chi connectivity index (χ1n) is 9.91. The van der Waals surface area contributed by atoms with Gasteiger partial charge in [-0.2, -0.15) is 0 Å². The van der Waals surface area contributed by atoms with Crippen LogP contribution in [0.4, 0.5) is 5.69 Å². The number of amides is 2. The van der Waals surface area contributed by atoms with E-state index >= 15 is 0 Å². The van der Waals surface area contributed by atoms with Crippen LogP contribution in [-0.4, -0.2) is 59.5 Å². The van der Waals surface area contributed by atoms with Crippen LogP contribution >= 0.6 is 11.6 Å². The van der Waals surface area contributed by atoms with Crippen molar-refractivity contribution in [1.29, 1.82) is 0 Å². The molecular formula is C21H23ClN4O4. The summed E-state index contributed by atoms with van der Waals surface area (Å²) < 4.78 is 11.1. The van der Waals surface area contributed by atoms with E-state index in [1.807, 2.05) is 24.3 Å². The highest BCUT2D eigenvalue weighted by Gasteiger charge is 2.38. The maximum Gasteiger partial charge on any atom is 0.316 e. The van der Waals surface area contributed by atoms with E-state index < -0.39 is 0 Å². The number of piperidine rings is 1. The van der Waals surface area contributed by atoms with Crippen LogP contribution in [-0.2, 0) is 9.59 Å². The molecule has 1 aromatic heterocycles. The monoisotopic (exact) mass is 430 g/mol. The van der Waals surface area contributed by atoms with Crippen LogP contribution in [0.3, 0.4) is 0 Å². The quantitative estimate of drug-likeness (QED) is 0.724. The molecule has 2 amide bonds. The average molecular weight is 431 g/mol. The van der Waals surface area contributed by atoms with Gasteiger partial charge in [-0.1, -0.05) is 17.7 Å². The minimum atomic E-state index is -0.366. The van der Waals surface area contributed by atoms with E-state index in [1.54, 1.807) is 16.9 Å². The van der Waals surface area contributed by atoms with Gasteiger partial charge in [0.2, 0.25) is 11.8 Å². The third-order valence-electron chi connectivity index (χ3n) is 5.40. The second-order valence-electron chi connectivity index (χ2n) is 7.46. The molecule has 0 aliphatic carbocycles. The number of rotatable bonds is 5. The summed E-state index contributed by atoms with van der Waals surface area (Å²) in [6.07, 6.45) is 4.62. The SMILES string of the molecule is COc1cccc(N2CC(C(=O)N3CCCC(Oc4ncc(Cl)cn4)C3)CC2=O)c1. The second kappa shape index (κ2) is 8.87. The molecule has 0 bridgehead atoms. The molecular weight excluding hydrogens is 408 g/mol. The van der Waals surface area contributed by atoms with E-state index in [4.69, 9.17) is 21.1 Å². The van der Waals surface area contributed by atoms with Crippen molar-refractivity contribution < 1.29 is 19.1 Å². The molecule has 3 heterocycles. The highest BCUT2D eigenvalue weighted by atomic mass is 35.5. The maximum absolute atomic E-state index is 13.1. The zero-order valence-electron chi connectivity index (χ0n) is 16.7. The van der Waals surface area contributed by atoms with Gasteiger partial charge in [0.25, 0.3) is 0 Å². The molecule has 2 atom stereocenters. The minimum absolute atomic E-state index is 0.0147. The van der Waals surface area contributed by atoms with Crippen molar-refractivity contribution in [3.63, 3.8) is 0 Å². The summed E-state index contributed by atoms with van der Waals surface area (Å²) in [6.45, 7) is 1.48. The lowest BCUT2D eigenvalue weighted by molar-refractivity contribution is -0.138. The van der Waals surface area contributed by atoms with Gasteiger partial charge in [-0.05, 0) is 25.0 Å². The number of ether oxygens (including phenoxy) is 2. The third kappa shape index (κ3) is 4.48. The molecule has 2 fully saturated rings. The largest absolute Gasteiger partial charge is 0.497 e. The van der Waals surface area contributed by atoms with E-state index in [0.29, 0.717) is 30.4 Å². The fraction of sp³-hybridized carbons (Fsp3) is 0.429. The minimum Gasteiger partial charge on any atom is -0.497 e. The summed E-state index contributed by atoms with van der Waals surface area (Å²) in [5.74, 6) is 0.241. The van der Waals surface area contributed by atoms with E-state index in [9.17, 15) is 9.59 Å². The van der Waals surface area contributed by atoms with Crippen LogP contribution in [0, 0.1) is 5.92 Å². The Morgan fingerprint density at radius 3 is 2.80 bits per heavy atom. The summed E-state index contributed by atoms with van der Waals surface area (Å²) in [5, 5.41) is 0.439. The predicted molar refractivity (Wildman–Crippen MR) is 111 cm³/mol. The summed E-state index contributed by atoms with van der Waals surface area (Å²) >= 11 is 5.80. The van der Waals surface area contributed by atoms with Crippen molar-refractivity contribution in [2.24, 2.45) is 5.92 Å². The highest BCUT2D eigenvalue weighted by molar-refractivity contribution is 6.30. The summed E-state index contributed by atoms with van der Waals surface area (Å²) in [4.78, 5) is 37.2.